The Morgan fingerprint density at radius 2 is 2.23 bits per heavy atom. The molecule has 0 aliphatic heterocycles. The van der Waals surface area contributed by atoms with E-state index in [2.05, 4.69) is 27.1 Å². The van der Waals surface area contributed by atoms with Gasteiger partial charge in [-0.15, -0.1) is 16.4 Å². The predicted octanol–water partition coefficient (Wildman–Crippen LogP) is 2.70. The molecular formula is C17H21N5O2S2. The first kappa shape index (κ1) is 17.5. The van der Waals surface area contributed by atoms with E-state index in [9.17, 15) is 9.59 Å². The number of nitrogens with one attached hydrogen (secondary N) is 2. The van der Waals surface area contributed by atoms with Crippen LogP contribution in [0.4, 0.5) is 0 Å². The average Bonchev–Trinajstić information content (AvgIpc) is 3.14. The standard InChI is InChI=1S/C17H21N5O2S2/c1-3-6-22-16(24)20-21-17(22)25-8-12-18-14(23)13-10-5-4-9(2)7-11(10)26-15(13)19-12/h9H,3-8H2,1-2H3,(H,20,24)(H,18,19,23)/t9-/m0/s1. The summed E-state index contributed by atoms with van der Waals surface area (Å²) in [6.45, 7) is 4.89. The first-order chi connectivity index (χ1) is 12.6. The zero-order chi connectivity index (χ0) is 18.3. The molecule has 0 amide bonds. The minimum absolute atomic E-state index is 0.0503. The molecule has 0 saturated heterocycles. The lowest BCUT2D eigenvalue weighted by molar-refractivity contribution is 0.509. The van der Waals surface area contributed by atoms with E-state index in [0.717, 1.165) is 35.9 Å². The molecule has 0 radical (unpaired) electrons. The quantitative estimate of drug-likeness (QED) is 0.652. The van der Waals surface area contributed by atoms with Crippen LogP contribution in [0.25, 0.3) is 10.2 Å². The maximum absolute atomic E-state index is 12.6. The lowest BCUT2D eigenvalue weighted by Crippen LogP contribution is -2.17. The highest BCUT2D eigenvalue weighted by atomic mass is 32.2. The van der Waals surface area contributed by atoms with Crippen LogP contribution in [0, 0.1) is 5.92 Å². The zero-order valence-electron chi connectivity index (χ0n) is 14.8. The van der Waals surface area contributed by atoms with Crippen molar-refractivity contribution in [3.63, 3.8) is 0 Å². The number of H-pyrrole nitrogens is 2. The Morgan fingerprint density at radius 3 is 3.04 bits per heavy atom. The van der Waals surface area contributed by atoms with Crippen molar-refractivity contribution in [3.8, 4) is 0 Å². The third-order valence-corrected chi connectivity index (χ3v) is 6.86. The number of nitrogens with zero attached hydrogens (tertiary/aromatic N) is 3. The molecule has 0 bridgehead atoms. The van der Waals surface area contributed by atoms with Crippen LogP contribution in [0.15, 0.2) is 14.7 Å². The van der Waals surface area contributed by atoms with Gasteiger partial charge in [-0.2, -0.15) is 0 Å². The molecular weight excluding hydrogens is 370 g/mol. The van der Waals surface area contributed by atoms with E-state index in [1.165, 1.54) is 22.2 Å². The Labute approximate surface area is 158 Å². The summed E-state index contributed by atoms with van der Waals surface area (Å²) < 4.78 is 1.62. The second-order valence-corrected chi connectivity index (χ2v) is 8.82. The first-order valence-electron chi connectivity index (χ1n) is 8.88. The van der Waals surface area contributed by atoms with E-state index in [1.807, 2.05) is 6.92 Å². The van der Waals surface area contributed by atoms with Gasteiger partial charge >= 0.3 is 5.69 Å². The van der Waals surface area contributed by atoms with Crippen molar-refractivity contribution in [2.75, 3.05) is 0 Å². The largest absolute Gasteiger partial charge is 0.343 e. The number of thioether (sulfide) groups is 1. The fourth-order valence-electron chi connectivity index (χ4n) is 3.43. The molecule has 7 nitrogen and oxygen atoms in total. The van der Waals surface area contributed by atoms with Gasteiger partial charge in [0.1, 0.15) is 10.7 Å². The van der Waals surface area contributed by atoms with Crippen molar-refractivity contribution in [1.82, 2.24) is 24.7 Å². The number of rotatable bonds is 5. The minimum atomic E-state index is -0.202. The number of aromatic nitrogens is 5. The number of aromatic amines is 2. The van der Waals surface area contributed by atoms with Gasteiger partial charge in [-0.1, -0.05) is 25.6 Å². The summed E-state index contributed by atoms with van der Waals surface area (Å²) in [7, 11) is 0. The zero-order valence-corrected chi connectivity index (χ0v) is 16.4. The van der Waals surface area contributed by atoms with Gasteiger partial charge in [0, 0.05) is 11.4 Å². The molecule has 4 rings (SSSR count). The molecule has 3 heterocycles. The molecule has 0 unspecified atom stereocenters. The molecule has 3 aromatic heterocycles. The summed E-state index contributed by atoms with van der Waals surface area (Å²) in [6.07, 6.45) is 3.99. The van der Waals surface area contributed by atoms with Crippen molar-refractivity contribution in [2.24, 2.45) is 5.92 Å². The molecule has 0 spiro atoms. The Kier molecular flexibility index (Phi) is 4.74. The molecule has 1 aliphatic carbocycles. The molecule has 138 valence electrons. The number of hydrogen-bond donors (Lipinski definition) is 2. The monoisotopic (exact) mass is 391 g/mol. The molecule has 1 atom stereocenters. The second-order valence-electron chi connectivity index (χ2n) is 6.80. The first-order valence-corrected chi connectivity index (χ1v) is 10.7. The van der Waals surface area contributed by atoms with E-state index >= 15 is 0 Å². The van der Waals surface area contributed by atoms with Crippen LogP contribution in [0.2, 0.25) is 0 Å². The second kappa shape index (κ2) is 7.03. The van der Waals surface area contributed by atoms with Gasteiger partial charge < -0.3 is 4.98 Å². The molecule has 0 aromatic carbocycles. The van der Waals surface area contributed by atoms with Crippen LogP contribution in [0.5, 0.6) is 0 Å². The summed E-state index contributed by atoms with van der Waals surface area (Å²) in [5, 5.41) is 7.94. The van der Waals surface area contributed by atoms with E-state index in [0.29, 0.717) is 29.2 Å². The van der Waals surface area contributed by atoms with Crippen LogP contribution in [0.1, 0.15) is 43.0 Å². The maximum Gasteiger partial charge on any atom is 0.343 e. The highest BCUT2D eigenvalue weighted by Gasteiger charge is 2.23. The number of fused-ring (bicyclic) bond motifs is 3. The predicted molar refractivity (Wildman–Crippen MR) is 104 cm³/mol. The highest BCUT2D eigenvalue weighted by molar-refractivity contribution is 7.98. The van der Waals surface area contributed by atoms with Crippen molar-refractivity contribution >= 4 is 33.3 Å². The molecule has 26 heavy (non-hydrogen) atoms. The fraction of sp³-hybridized carbons (Fsp3) is 0.529. The fourth-order valence-corrected chi connectivity index (χ4v) is 5.67. The summed E-state index contributed by atoms with van der Waals surface area (Å²) in [6, 6.07) is 0. The van der Waals surface area contributed by atoms with Crippen LogP contribution < -0.4 is 11.2 Å². The number of thiophene rings is 1. The summed E-state index contributed by atoms with van der Waals surface area (Å²) in [5.41, 5.74) is 0.942. The van der Waals surface area contributed by atoms with Crippen LogP contribution in [-0.2, 0) is 25.1 Å². The van der Waals surface area contributed by atoms with Crippen molar-refractivity contribution in [1.29, 1.82) is 0 Å². The molecule has 9 heteroatoms. The Balaban J connectivity index is 1.62. The molecule has 2 N–H and O–H groups in total. The van der Waals surface area contributed by atoms with Gasteiger partial charge in [-0.25, -0.2) is 14.9 Å². The van der Waals surface area contributed by atoms with Crippen molar-refractivity contribution < 1.29 is 0 Å². The molecule has 0 saturated carbocycles. The van der Waals surface area contributed by atoms with E-state index < -0.39 is 0 Å². The Bertz CT molecular complexity index is 1060. The van der Waals surface area contributed by atoms with E-state index in [-0.39, 0.29) is 11.2 Å². The average molecular weight is 392 g/mol. The van der Waals surface area contributed by atoms with Gasteiger partial charge in [0.05, 0.1) is 11.1 Å². The third-order valence-electron chi connectivity index (χ3n) is 4.72. The number of aryl methyl sites for hydroxylation is 1. The van der Waals surface area contributed by atoms with E-state index in [1.54, 1.807) is 15.9 Å². The Hall–Kier alpha value is -1.87. The van der Waals surface area contributed by atoms with E-state index in [4.69, 9.17) is 0 Å². The van der Waals surface area contributed by atoms with Gasteiger partial charge in [0.15, 0.2) is 5.16 Å². The summed E-state index contributed by atoms with van der Waals surface area (Å²) in [5.74, 6) is 1.76. The van der Waals surface area contributed by atoms with Gasteiger partial charge in [-0.05, 0) is 37.2 Å². The Morgan fingerprint density at radius 1 is 1.38 bits per heavy atom. The van der Waals surface area contributed by atoms with Crippen LogP contribution in [0.3, 0.4) is 0 Å². The minimum Gasteiger partial charge on any atom is -0.309 e. The number of hydrogen-bond acceptors (Lipinski definition) is 6. The normalized spacial score (nSPS) is 16.9. The molecule has 0 fully saturated rings. The third kappa shape index (κ3) is 3.14. The molecule has 1 aliphatic rings. The van der Waals surface area contributed by atoms with Gasteiger partial charge in [0.2, 0.25) is 0 Å². The van der Waals surface area contributed by atoms with Gasteiger partial charge in [-0.3, -0.25) is 9.36 Å². The SMILES string of the molecule is CCCn1c(SCc2nc3sc4c(c3c(=O)[nH]2)CC[C@H](C)C4)n[nH]c1=O. The summed E-state index contributed by atoms with van der Waals surface area (Å²) >= 11 is 3.06. The van der Waals surface area contributed by atoms with Crippen LogP contribution in [-0.4, -0.2) is 24.7 Å². The van der Waals surface area contributed by atoms with Crippen molar-refractivity contribution in [3.05, 3.63) is 37.1 Å². The lowest BCUT2D eigenvalue weighted by atomic mass is 9.89. The maximum atomic E-state index is 12.6. The summed E-state index contributed by atoms with van der Waals surface area (Å²) in [4.78, 5) is 34.1. The highest BCUT2D eigenvalue weighted by Crippen LogP contribution is 2.35. The molecule has 3 aromatic rings. The lowest BCUT2D eigenvalue weighted by Gasteiger charge is -2.17. The van der Waals surface area contributed by atoms with Gasteiger partial charge in [0.25, 0.3) is 5.56 Å². The smallest absolute Gasteiger partial charge is 0.309 e. The van der Waals surface area contributed by atoms with Crippen molar-refractivity contribution in [2.45, 2.75) is 57.0 Å². The van der Waals surface area contributed by atoms with Crippen LogP contribution >= 0.6 is 23.1 Å². The topological polar surface area (TPSA) is 96.4 Å².